The van der Waals surface area contributed by atoms with Crippen LogP contribution < -0.4 is 14.8 Å². The van der Waals surface area contributed by atoms with Crippen LogP contribution >= 0.6 is 11.3 Å². The molecule has 22 heavy (non-hydrogen) atoms. The minimum Gasteiger partial charge on any atom is -0.479 e. The molecule has 0 fully saturated rings. The second-order valence-corrected chi connectivity index (χ2v) is 7.71. The van der Waals surface area contributed by atoms with Gasteiger partial charge in [-0.1, -0.05) is 0 Å². The number of thiazole rings is 1. The van der Waals surface area contributed by atoms with Crippen LogP contribution in [0, 0.1) is 6.92 Å². The molecule has 1 atom stereocenters. The standard InChI is InChI=1S/C13H13N3O4S2/c1-7-6-14-13(21-7)16-22(18,19)9-3-4-11-10(5-9)15-12(17)8(2)20-11/h3-6,8H,1-2H3,(H,14,16)(H,15,17). The summed E-state index contributed by atoms with van der Waals surface area (Å²) in [7, 11) is -3.77. The maximum absolute atomic E-state index is 12.3. The molecule has 1 aromatic heterocycles. The Bertz CT molecular complexity index is 845. The van der Waals surface area contributed by atoms with E-state index in [0.717, 1.165) is 4.88 Å². The van der Waals surface area contributed by atoms with Crippen LogP contribution in [-0.4, -0.2) is 25.4 Å². The second kappa shape index (κ2) is 5.25. The smallest absolute Gasteiger partial charge is 0.265 e. The Labute approximate surface area is 131 Å². The fourth-order valence-electron chi connectivity index (χ4n) is 1.93. The van der Waals surface area contributed by atoms with Crippen LogP contribution in [0.5, 0.6) is 5.75 Å². The maximum atomic E-state index is 12.3. The Morgan fingerprint density at radius 3 is 2.86 bits per heavy atom. The number of carbonyl (C=O) groups excluding carboxylic acids is 1. The quantitative estimate of drug-likeness (QED) is 0.891. The first-order chi connectivity index (χ1) is 10.3. The van der Waals surface area contributed by atoms with Crippen LogP contribution in [0.3, 0.4) is 0 Å². The van der Waals surface area contributed by atoms with Gasteiger partial charge in [0.1, 0.15) is 5.75 Å². The zero-order chi connectivity index (χ0) is 15.9. The molecule has 3 rings (SSSR count). The normalized spacial score (nSPS) is 17.4. The summed E-state index contributed by atoms with van der Waals surface area (Å²) in [6.45, 7) is 3.46. The molecule has 1 aromatic carbocycles. The van der Waals surface area contributed by atoms with Crippen LogP contribution in [0.1, 0.15) is 11.8 Å². The number of hydrogen-bond donors (Lipinski definition) is 2. The van der Waals surface area contributed by atoms with Gasteiger partial charge in [-0.05, 0) is 32.0 Å². The molecule has 1 unspecified atom stereocenters. The lowest BCUT2D eigenvalue weighted by atomic mass is 10.2. The van der Waals surface area contributed by atoms with Crippen LogP contribution in [0.2, 0.25) is 0 Å². The van der Waals surface area contributed by atoms with E-state index < -0.39 is 16.1 Å². The number of rotatable bonds is 3. The molecule has 2 heterocycles. The lowest BCUT2D eigenvalue weighted by Crippen LogP contribution is -2.34. The van der Waals surface area contributed by atoms with Crippen molar-refractivity contribution in [2.24, 2.45) is 0 Å². The maximum Gasteiger partial charge on any atom is 0.265 e. The summed E-state index contributed by atoms with van der Waals surface area (Å²) >= 11 is 1.24. The van der Waals surface area contributed by atoms with Gasteiger partial charge in [-0.25, -0.2) is 13.4 Å². The number of aromatic nitrogens is 1. The van der Waals surface area contributed by atoms with Gasteiger partial charge in [-0.15, -0.1) is 11.3 Å². The van der Waals surface area contributed by atoms with Gasteiger partial charge < -0.3 is 10.1 Å². The largest absolute Gasteiger partial charge is 0.479 e. The van der Waals surface area contributed by atoms with Crippen molar-refractivity contribution in [3.8, 4) is 5.75 Å². The van der Waals surface area contributed by atoms with Gasteiger partial charge in [0, 0.05) is 11.1 Å². The first-order valence-corrected chi connectivity index (χ1v) is 8.72. The number of benzene rings is 1. The molecule has 2 N–H and O–H groups in total. The Morgan fingerprint density at radius 2 is 2.18 bits per heavy atom. The number of sulfonamides is 1. The zero-order valence-corrected chi connectivity index (χ0v) is 13.4. The van der Waals surface area contributed by atoms with Crippen molar-refractivity contribution >= 4 is 38.1 Å². The molecular weight excluding hydrogens is 326 g/mol. The van der Waals surface area contributed by atoms with Crippen LogP contribution in [0.4, 0.5) is 10.8 Å². The molecule has 0 radical (unpaired) electrons. The average molecular weight is 339 g/mol. The highest BCUT2D eigenvalue weighted by Gasteiger charge is 2.25. The molecule has 1 amide bonds. The third kappa shape index (κ3) is 2.77. The monoisotopic (exact) mass is 339 g/mol. The van der Waals surface area contributed by atoms with Crippen molar-refractivity contribution in [2.45, 2.75) is 24.8 Å². The number of hydrogen-bond acceptors (Lipinski definition) is 6. The SMILES string of the molecule is Cc1cnc(NS(=O)(=O)c2ccc3c(c2)NC(=O)C(C)O3)s1. The van der Waals surface area contributed by atoms with E-state index in [9.17, 15) is 13.2 Å². The van der Waals surface area contributed by atoms with E-state index >= 15 is 0 Å². The van der Waals surface area contributed by atoms with Gasteiger partial charge in [0.05, 0.1) is 10.6 Å². The van der Waals surface area contributed by atoms with Crippen molar-refractivity contribution in [3.05, 3.63) is 29.3 Å². The molecule has 0 spiro atoms. The topological polar surface area (TPSA) is 97.4 Å². The van der Waals surface area contributed by atoms with Gasteiger partial charge >= 0.3 is 0 Å². The third-order valence-electron chi connectivity index (χ3n) is 3.04. The Kier molecular flexibility index (Phi) is 3.53. The van der Waals surface area contributed by atoms with Crippen LogP contribution in [0.15, 0.2) is 29.3 Å². The predicted molar refractivity (Wildman–Crippen MR) is 82.8 cm³/mol. The molecule has 9 heteroatoms. The Hall–Kier alpha value is -2.13. The first kappa shape index (κ1) is 14.8. The number of nitrogens with one attached hydrogen (secondary N) is 2. The molecule has 0 saturated heterocycles. The van der Waals surface area contributed by atoms with Gasteiger partial charge in [0.25, 0.3) is 15.9 Å². The van der Waals surface area contributed by atoms with E-state index in [4.69, 9.17) is 4.74 Å². The number of fused-ring (bicyclic) bond motifs is 1. The van der Waals surface area contributed by atoms with Gasteiger partial charge in [0.2, 0.25) is 0 Å². The molecule has 116 valence electrons. The Morgan fingerprint density at radius 1 is 1.41 bits per heavy atom. The number of aryl methyl sites for hydroxylation is 1. The van der Waals surface area contributed by atoms with Gasteiger partial charge in [0.15, 0.2) is 11.2 Å². The van der Waals surface area contributed by atoms with E-state index in [1.165, 1.54) is 29.5 Å². The molecule has 0 saturated carbocycles. The summed E-state index contributed by atoms with van der Waals surface area (Å²) in [5, 5.41) is 2.92. The highest BCUT2D eigenvalue weighted by Crippen LogP contribution is 2.32. The second-order valence-electron chi connectivity index (χ2n) is 4.79. The lowest BCUT2D eigenvalue weighted by molar-refractivity contribution is -0.122. The van der Waals surface area contributed by atoms with Crippen LogP contribution in [-0.2, 0) is 14.8 Å². The van der Waals surface area contributed by atoms with Crippen molar-refractivity contribution in [2.75, 3.05) is 10.0 Å². The number of nitrogens with zero attached hydrogens (tertiary/aromatic N) is 1. The van der Waals surface area contributed by atoms with Crippen molar-refractivity contribution < 1.29 is 17.9 Å². The summed E-state index contributed by atoms with van der Waals surface area (Å²) < 4.78 is 32.5. The average Bonchev–Trinajstić information content (AvgIpc) is 2.84. The molecule has 0 bridgehead atoms. The third-order valence-corrected chi connectivity index (χ3v) is 5.33. The van der Waals surface area contributed by atoms with Gasteiger partial charge in [-0.3, -0.25) is 9.52 Å². The van der Waals surface area contributed by atoms with Gasteiger partial charge in [-0.2, -0.15) is 0 Å². The fourth-order valence-corrected chi connectivity index (χ4v) is 3.86. The summed E-state index contributed by atoms with van der Waals surface area (Å²) in [4.78, 5) is 16.5. The minimum atomic E-state index is -3.77. The number of anilines is 2. The van der Waals surface area contributed by atoms with Crippen molar-refractivity contribution in [1.29, 1.82) is 0 Å². The van der Waals surface area contributed by atoms with E-state index in [2.05, 4.69) is 15.0 Å². The van der Waals surface area contributed by atoms with Crippen LogP contribution in [0.25, 0.3) is 0 Å². The van der Waals surface area contributed by atoms with Crippen molar-refractivity contribution in [1.82, 2.24) is 4.98 Å². The van der Waals surface area contributed by atoms with E-state index in [1.807, 2.05) is 6.92 Å². The highest BCUT2D eigenvalue weighted by atomic mass is 32.2. The lowest BCUT2D eigenvalue weighted by Gasteiger charge is -2.23. The predicted octanol–water partition coefficient (Wildman–Crippen LogP) is 1.97. The summed E-state index contributed by atoms with van der Waals surface area (Å²) in [5.74, 6) is 0.127. The molecule has 1 aliphatic heterocycles. The minimum absolute atomic E-state index is 0.0255. The molecule has 0 aliphatic carbocycles. The zero-order valence-electron chi connectivity index (χ0n) is 11.8. The number of ether oxygens (including phenoxy) is 1. The first-order valence-electron chi connectivity index (χ1n) is 6.42. The summed E-state index contributed by atoms with van der Waals surface area (Å²) in [6, 6.07) is 4.31. The Balaban J connectivity index is 1.92. The molecule has 2 aromatic rings. The fraction of sp³-hybridized carbons (Fsp3) is 0.231. The summed E-state index contributed by atoms with van der Waals surface area (Å²) in [5.41, 5.74) is 0.335. The number of amides is 1. The van der Waals surface area contributed by atoms with E-state index in [-0.39, 0.29) is 10.8 Å². The summed E-state index contributed by atoms with van der Waals surface area (Å²) in [6.07, 6.45) is 0.983. The molecule has 7 nitrogen and oxygen atoms in total. The highest BCUT2D eigenvalue weighted by molar-refractivity contribution is 7.93. The van der Waals surface area contributed by atoms with E-state index in [1.54, 1.807) is 13.1 Å². The molecule has 1 aliphatic rings. The molecular formula is C13H13N3O4S2. The van der Waals surface area contributed by atoms with Crippen molar-refractivity contribution in [3.63, 3.8) is 0 Å². The van der Waals surface area contributed by atoms with E-state index in [0.29, 0.717) is 16.6 Å². The number of carbonyl (C=O) groups is 1.